The highest BCUT2D eigenvalue weighted by Crippen LogP contribution is 2.34. The molecule has 1 aromatic carbocycles. The molecule has 6 heteroatoms. The van der Waals surface area contributed by atoms with Crippen molar-refractivity contribution in [3.63, 3.8) is 0 Å². The molecular formula is C15H14ClN3OS. The van der Waals surface area contributed by atoms with Gasteiger partial charge in [0.25, 0.3) is 0 Å². The van der Waals surface area contributed by atoms with Crippen molar-refractivity contribution in [1.82, 2.24) is 4.98 Å². The molecule has 1 aliphatic heterocycles. The van der Waals surface area contributed by atoms with Gasteiger partial charge in [0.1, 0.15) is 16.6 Å². The van der Waals surface area contributed by atoms with Crippen LogP contribution in [0.2, 0.25) is 5.02 Å². The Labute approximate surface area is 131 Å². The van der Waals surface area contributed by atoms with Gasteiger partial charge in [0, 0.05) is 21.8 Å². The van der Waals surface area contributed by atoms with Crippen LogP contribution in [0.25, 0.3) is 5.57 Å². The average Bonchev–Trinajstić information content (AvgIpc) is 2.96. The van der Waals surface area contributed by atoms with Gasteiger partial charge in [-0.25, -0.2) is 4.98 Å². The number of aliphatic hydroxyl groups excluding tert-OH is 1. The van der Waals surface area contributed by atoms with Gasteiger partial charge in [-0.1, -0.05) is 17.7 Å². The normalized spacial score (nSPS) is 15.2. The van der Waals surface area contributed by atoms with Crippen LogP contribution in [-0.4, -0.2) is 22.5 Å². The summed E-state index contributed by atoms with van der Waals surface area (Å²) in [5.41, 5.74) is 3.24. The summed E-state index contributed by atoms with van der Waals surface area (Å²) in [6.07, 6.45) is 0. The molecule has 2 aromatic rings. The van der Waals surface area contributed by atoms with Gasteiger partial charge < -0.3 is 10.0 Å². The monoisotopic (exact) mass is 319 g/mol. The van der Waals surface area contributed by atoms with E-state index in [4.69, 9.17) is 17.0 Å². The van der Waals surface area contributed by atoms with Crippen LogP contribution in [0.5, 0.6) is 0 Å². The topological polar surface area (TPSA) is 60.2 Å². The van der Waals surface area contributed by atoms with Gasteiger partial charge in [0.2, 0.25) is 0 Å². The van der Waals surface area contributed by atoms with Crippen molar-refractivity contribution in [2.75, 3.05) is 11.4 Å². The van der Waals surface area contributed by atoms with Crippen LogP contribution in [0.15, 0.2) is 29.3 Å². The molecule has 0 bridgehead atoms. The van der Waals surface area contributed by atoms with Gasteiger partial charge in [-0.15, -0.1) is 11.3 Å². The van der Waals surface area contributed by atoms with Crippen molar-refractivity contribution in [1.29, 1.82) is 5.41 Å². The van der Waals surface area contributed by atoms with Crippen LogP contribution in [-0.2, 0) is 0 Å². The lowest BCUT2D eigenvalue weighted by molar-refractivity contribution is 0.411. The zero-order valence-corrected chi connectivity index (χ0v) is 13.2. The maximum Gasteiger partial charge on any atom is 0.139 e. The minimum absolute atomic E-state index is 0.175. The first-order chi connectivity index (χ1) is 9.97. The van der Waals surface area contributed by atoms with Crippen LogP contribution in [0.3, 0.4) is 0 Å². The lowest BCUT2D eigenvalue weighted by Gasteiger charge is -2.21. The highest BCUT2D eigenvalue weighted by Gasteiger charge is 2.31. The number of benzene rings is 1. The van der Waals surface area contributed by atoms with Crippen LogP contribution in [0.1, 0.15) is 16.3 Å². The van der Waals surface area contributed by atoms with Crippen molar-refractivity contribution in [2.24, 2.45) is 0 Å². The second-order valence-corrected chi connectivity index (χ2v) is 6.28. The van der Waals surface area contributed by atoms with Gasteiger partial charge >= 0.3 is 0 Å². The van der Waals surface area contributed by atoms with Crippen LogP contribution in [0.4, 0.5) is 5.69 Å². The summed E-state index contributed by atoms with van der Waals surface area (Å²) >= 11 is 7.49. The molecule has 2 heterocycles. The fourth-order valence-electron chi connectivity index (χ4n) is 2.35. The van der Waals surface area contributed by atoms with Gasteiger partial charge in [0.15, 0.2) is 0 Å². The van der Waals surface area contributed by atoms with E-state index in [1.165, 1.54) is 11.3 Å². The Morgan fingerprint density at radius 2 is 2.14 bits per heavy atom. The molecule has 0 radical (unpaired) electrons. The number of nitrogens with zero attached hydrogens (tertiary/aromatic N) is 2. The third kappa shape index (κ3) is 2.43. The number of thiazole rings is 1. The maximum absolute atomic E-state index is 10.2. The van der Waals surface area contributed by atoms with E-state index in [-0.39, 0.29) is 18.1 Å². The molecule has 108 valence electrons. The van der Waals surface area contributed by atoms with E-state index in [1.54, 1.807) is 4.90 Å². The largest absolute Gasteiger partial charge is 0.510 e. The summed E-state index contributed by atoms with van der Waals surface area (Å²) in [5, 5.41) is 21.8. The smallest absolute Gasteiger partial charge is 0.139 e. The van der Waals surface area contributed by atoms with E-state index in [9.17, 15) is 5.11 Å². The lowest BCUT2D eigenvalue weighted by Crippen LogP contribution is -2.26. The number of nitrogens with one attached hydrogen (secondary N) is 1. The molecule has 2 N–H and O–H groups in total. The molecule has 0 spiro atoms. The fourth-order valence-corrected chi connectivity index (χ4v) is 3.38. The van der Waals surface area contributed by atoms with Crippen LogP contribution >= 0.6 is 22.9 Å². The molecule has 0 amide bonds. The highest BCUT2D eigenvalue weighted by molar-refractivity contribution is 7.11. The van der Waals surface area contributed by atoms with E-state index >= 15 is 0 Å². The fraction of sp³-hybridized carbons (Fsp3) is 0.200. The zero-order chi connectivity index (χ0) is 15.1. The summed E-state index contributed by atoms with van der Waals surface area (Å²) in [4.78, 5) is 6.12. The van der Waals surface area contributed by atoms with Crippen LogP contribution in [0, 0.1) is 19.3 Å². The summed E-state index contributed by atoms with van der Waals surface area (Å²) in [6, 6.07) is 5.54. The summed E-state index contributed by atoms with van der Waals surface area (Å²) in [7, 11) is 0. The molecule has 3 rings (SSSR count). The molecule has 0 fully saturated rings. The first-order valence-electron chi connectivity index (χ1n) is 6.44. The minimum Gasteiger partial charge on any atom is -0.510 e. The lowest BCUT2D eigenvalue weighted by atomic mass is 10.2. The number of anilines is 1. The number of hydrogen-bond acceptors (Lipinski definition) is 4. The number of aliphatic hydroxyl groups is 1. The molecular weight excluding hydrogens is 306 g/mol. The Morgan fingerprint density at radius 3 is 2.81 bits per heavy atom. The zero-order valence-electron chi connectivity index (χ0n) is 11.6. The van der Waals surface area contributed by atoms with Gasteiger partial charge in [-0.3, -0.25) is 5.41 Å². The third-order valence-corrected chi connectivity index (χ3v) is 4.61. The Balaban J connectivity index is 2.00. The number of aryl methyl sites for hydroxylation is 2. The number of halogens is 1. The summed E-state index contributed by atoms with van der Waals surface area (Å²) in [5.74, 6) is 0.431. The molecule has 0 saturated heterocycles. The van der Waals surface area contributed by atoms with Crippen molar-refractivity contribution in [3.05, 3.63) is 50.6 Å². The van der Waals surface area contributed by atoms with E-state index in [2.05, 4.69) is 4.98 Å². The highest BCUT2D eigenvalue weighted by atomic mass is 35.5. The van der Waals surface area contributed by atoms with Crippen molar-refractivity contribution in [3.8, 4) is 0 Å². The number of rotatable bonds is 2. The van der Waals surface area contributed by atoms with Gasteiger partial charge in [-0.2, -0.15) is 0 Å². The minimum atomic E-state index is 0.175. The molecule has 4 nitrogen and oxygen atoms in total. The molecule has 0 aliphatic carbocycles. The van der Waals surface area contributed by atoms with E-state index in [1.807, 2.05) is 37.4 Å². The average molecular weight is 320 g/mol. The van der Waals surface area contributed by atoms with Crippen molar-refractivity contribution < 1.29 is 5.11 Å². The predicted octanol–water partition coefficient (Wildman–Crippen LogP) is 4.18. The van der Waals surface area contributed by atoms with E-state index in [0.717, 1.165) is 16.9 Å². The van der Waals surface area contributed by atoms with E-state index < -0.39 is 0 Å². The molecule has 0 unspecified atom stereocenters. The second kappa shape index (κ2) is 5.16. The van der Waals surface area contributed by atoms with Crippen molar-refractivity contribution in [2.45, 2.75) is 13.8 Å². The maximum atomic E-state index is 10.2. The Kier molecular flexibility index (Phi) is 3.47. The number of amidine groups is 1. The van der Waals surface area contributed by atoms with Crippen molar-refractivity contribution >= 4 is 40.0 Å². The third-order valence-electron chi connectivity index (χ3n) is 3.40. The Hall–Kier alpha value is -1.85. The standard InChI is InChI=1S/C15H14ClN3OS/c1-8-3-4-10(16)5-11(8)19-6-12(20)13(14(19)17)15-18-9(2)7-21-15/h3-5,7,17,20H,6H2,1-2H3. The number of aromatic nitrogens is 1. The summed E-state index contributed by atoms with van der Waals surface area (Å²) in [6.45, 7) is 4.13. The molecule has 0 atom stereocenters. The number of hydrogen-bond donors (Lipinski definition) is 2. The van der Waals surface area contributed by atoms with Crippen LogP contribution < -0.4 is 4.90 Å². The molecule has 1 aliphatic rings. The molecule has 1 aromatic heterocycles. The Morgan fingerprint density at radius 1 is 1.38 bits per heavy atom. The first-order valence-corrected chi connectivity index (χ1v) is 7.70. The molecule has 0 saturated carbocycles. The quantitative estimate of drug-likeness (QED) is 0.873. The SMILES string of the molecule is Cc1csc(C2=C(O)CN(c3cc(Cl)ccc3C)C2=N)n1. The van der Waals surface area contributed by atoms with E-state index in [0.29, 0.717) is 15.6 Å². The molecule has 21 heavy (non-hydrogen) atoms. The first kappa shape index (κ1) is 14.1. The second-order valence-electron chi connectivity index (χ2n) is 4.98. The Bertz CT molecular complexity index is 766. The predicted molar refractivity (Wildman–Crippen MR) is 87.7 cm³/mol. The van der Waals surface area contributed by atoms with Gasteiger partial charge in [-0.05, 0) is 31.5 Å². The van der Waals surface area contributed by atoms with Gasteiger partial charge in [0.05, 0.1) is 12.1 Å². The summed E-state index contributed by atoms with van der Waals surface area (Å²) < 4.78 is 0.